The van der Waals surface area contributed by atoms with E-state index in [1.807, 2.05) is 0 Å². The molecule has 0 aromatic heterocycles. The topological polar surface area (TPSA) is 29.3 Å². The van der Waals surface area contributed by atoms with Gasteiger partial charge in [0.15, 0.2) is 0 Å². The number of hydrogen-bond acceptors (Lipinski definition) is 3. The maximum Gasteiger partial charge on any atom is 0.0337 e. The highest BCUT2D eigenvalue weighted by molar-refractivity contribution is 8.00. The summed E-state index contributed by atoms with van der Waals surface area (Å²) in [5.74, 6) is 2.97. The molecule has 0 bridgehead atoms. The molecule has 3 unspecified atom stereocenters. The molecule has 1 heterocycles. The first-order valence-electron chi connectivity index (χ1n) is 7.66. The molecule has 2 fully saturated rings. The van der Waals surface area contributed by atoms with Crippen molar-refractivity contribution in [3.63, 3.8) is 0 Å². The number of rotatable bonds is 3. The van der Waals surface area contributed by atoms with Crippen molar-refractivity contribution in [1.82, 2.24) is 4.90 Å². The molecule has 106 valence electrons. The van der Waals surface area contributed by atoms with Gasteiger partial charge in [-0.05, 0) is 37.5 Å². The van der Waals surface area contributed by atoms with Crippen LogP contribution in [0.1, 0.15) is 46.5 Å². The predicted octanol–water partition coefficient (Wildman–Crippen LogP) is 2.97. The third kappa shape index (κ3) is 3.05. The zero-order valence-electron chi connectivity index (χ0n) is 12.3. The second-order valence-electron chi connectivity index (χ2n) is 6.63. The van der Waals surface area contributed by atoms with E-state index in [0.29, 0.717) is 5.54 Å². The smallest absolute Gasteiger partial charge is 0.0337 e. The van der Waals surface area contributed by atoms with Gasteiger partial charge in [0.2, 0.25) is 0 Å². The summed E-state index contributed by atoms with van der Waals surface area (Å²) in [6, 6.07) is 0. The zero-order chi connectivity index (χ0) is 13.2. The van der Waals surface area contributed by atoms with Crippen molar-refractivity contribution in [2.75, 3.05) is 25.4 Å². The minimum Gasteiger partial charge on any atom is -0.329 e. The summed E-state index contributed by atoms with van der Waals surface area (Å²) in [7, 11) is 0. The number of thioether (sulfide) groups is 1. The standard InChI is InChI=1S/C15H30N2S/c1-4-14-10-17(5-6-18-14)15(11-16)8-12(2)7-13(3)9-15/h12-14H,4-11,16H2,1-3H3. The molecule has 0 aromatic carbocycles. The van der Waals surface area contributed by atoms with Gasteiger partial charge >= 0.3 is 0 Å². The Morgan fingerprint density at radius 2 is 1.94 bits per heavy atom. The summed E-state index contributed by atoms with van der Waals surface area (Å²) in [6.07, 6.45) is 5.32. The van der Waals surface area contributed by atoms with Gasteiger partial charge in [-0.25, -0.2) is 0 Å². The molecule has 0 amide bonds. The van der Waals surface area contributed by atoms with E-state index in [1.165, 1.54) is 44.5 Å². The first kappa shape index (κ1) is 14.7. The molecule has 1 saturated carbocycles. The Hall–Kier alpha value is 0.270. The highest BCUT2D eigenvalue weighted by Gasteiger charge is 2.42. The molecule has 3 heteroatoms. The molecular formula is C15H30N2S. The molecule has 0 spiro atoms. The van der Waals surface area contributed by atoms with E-state index < -0.39 is 0 Å². The van der Waals surface area contributed by atoms with Crippen LogP contribution in [0.3, 0.4) is 0 Å². The fourth-order valence-electron chi connectivity index (χ4n) is 4.19. The van der Waals surface area contributed by atoms with Crippen LogP contribution in [0.2, 0.25) is 0 Å². The third-order valence-electron chi connectivity index (χ3n) is 4.91. The number of nitrogens with zero attached hydrogens (tertiary/aromatic N) is 1. The Balaban J connectivity index is 2.10. The van der Waals surface area contributed by atoms with Crippen LogP contribution in [0.4, 0.5) is 0 Å². The molecule has 3 atom stereocenters. The second kappa shape index (κ2) is 6.15. The Kier molecular flexibility index (Phi) is 5.01. The van der Waals surface area contributed by atoms with Crippen molar-refractivity contribution < 1.29 is 0 Å². The largest absolute Gasteiger partial charge is 0.329 e. The minimum absolute atomic E-state index is 0.311. The fraction of sp³-hybridized carbons (Fsp3) is 1.00. The van der Waals surface area contributed by atoms with Crippen LogP contribution in [-0.2, 0) is 0 Å². The van der Waals surface area contributed by atoms with E-state index in [2.05, 4.69) is 37.4 Å². The average molecular weight is 270 g/mol. The monoisotopic (exact) mass is 270 g/mol. The van der Waals surface area contributed by atoms with Crippen molar-refractivity contribution >= 4 is 11.8 Å². The van der Waals surface area contributed by atoms with Crippen LogP contribution >= 0.6 is 11.8 Å². The molecule has 0 radical (unpaired) electrons. The molecular weight excluding hydrogens is 240 g/mol. The maximum absolute atomic E-state index is 6.23. The van der Waals surface area contributed by atoms with Gasteiger partial charge in [0.05, 0.1) is 0 Å². The van der Waals surface area contributed by atoms with E-state index >= 15 is 0 Å². The third-order valence-corrected chi connectivity index (χ3v) is 6.28. The van der Waals surface area contributed by atoms with Crippen molar-refractivity contribution in [2.24, 2.45) is 17.6 Å². The van der Waals surface area contributed by atoms with Gasteiger partial charge < -0.3 is 5.73 Å². The first-order valence-corrected chi connectivity index (χ1v) is 8.71. The Labute approximate surface area is 117 Å². The average Bonchev–Trinajstić information content (AvgIpc) is 2.37. The molecule has 18 heavy (non-hydrogen) atoms. The molecule has 1 aliphatic heterocycles. The minimum atomic E-state index is 0.311. The molecule has 2 N–H and O–H groups in total. The Morgan fingerprint density at radius 1 is 1.28 bits per heavy atom. The van der Waals surface area contributed by atoms with Crippen LogP contribution in [0, 0.1) is 11.8 Å². The van der Waals surface area contributed by atoms with Crippen molar-refractivity contribution in [3.8, 4) is 0 Å². The lowest BCUT2D eigenvalue weighted by atomic mass is 9.70. The summed E-state index contributed by atoms with van der Waals surface area (Å²) in [4.78, 5) is 2.75. The lowest BCUT2D eigenvalue weighted by molar-refractivity contribution is 0.0216. The van der Waals surface area contributed by atoms with Gasteiger partial charge in [-0.1, -0.05) is 20.8 Å². The maximum atomic E-state index is 6.23. The number of nitrogens with two attached hydrogens (primary N) is 1. The van der Waals surface area contributed by atoms with Gasteiger partial charge in [-0.3, -0.25) is 4.90 Å². The lowest BCUT2D eigenvalue weighted by Gasteiger charge is -2.52. The molecule has 1 aliphatic carbocycles. The predicted molar refractivity (Wildman–Crippen MR) is 82.1 cm³/mol. The van der Waals surface area contributed by atoms with E-state index in [1.54, 1.807) is 0 Å². The highest BCUT2D eigenvalue weighted by Crippen LogP contribution is 2.41. The highest BCUT2D eigenvalue weighted by atomic mass is 32.2. The molecule has 2 aliphatic rings. The Bertz CT molecular complexity index is 259. The molecule has 2 nitrogen and oxygen atoms in total. The summed E-state index contributed by atoms with van der Waals surface area (Å²) in [5, 5.41) is 0.828. The van der Waals surface area contributed by atoms with Crippen molar-refractivity contribution in [1.29, 1.82) is 0 Å². The van der Waals surface area contributed by atoms with Crippen molar-refractivity contribution in [3.05, 3.63) is 0 Å². The second-order valence-corrected chi connectivity index (χ2v) is 8.04. The van der Waals surface area contributed by atoms with E-state index in [9.17, 15) is 0 Å². The van der Waals surface area contributed by atoms with Gasteiger partial charge in [0.1, 0.15) is 0 Å². The van der Waals surface area contributed by atoms with Crippen LogP contribution in [0.15, 0.2) is 0 Å². The fourth-order valence-corrected chi connectivity index (χ4v) is 5.37. The van der Waals surface area contributed by atoms with Gasteiger partial charge in [-0.2, -0.15) is 11.8 Å². The Morgan fingerprint density at radius 3 is 2.50 bits per heavy atom. The number of hydrogen-bond donors (Lipinski definition) is 1. The van der Waals surface area contributed by atoms with Crippen LogP contribution in [-0.4, -0.2) is 41.1 Å². The molecule has 2 rings (SSSR count). The van der Waals surface area contributed by atoms with Gasteiger partial charge in [-0.15, -0.1) is 0 Å². The summed E-state index contributed by atoms with van der Waals surface area (Å²) in [5.41, 5.74) is 6.54. The zero-order valence-corrected chi connectivity index (χ0v) is 13.1. The SMILES string of the molecule is CCC1CN(C2(CN)CC(C)CC(C)C2)CCS1. The summed E-state index contributed by atoms with van der Waals surface area (Å²) >= 11 is 2.16. The van der Waals surface area contributed by atoms with Crippen LogP contribution < -0.4 is 5.73 Å². The van der Waals surface area contributed by atoms with Crippen LogP contribution in [0.5, 0.6) is 0 Å². The lowest BCUT2D eigenvalue weighted by Crippen LogP contribution is -2.60. The van der Waals surface area contributed by atoms with E-state index in [4.69, 9.17) is 5.73 Å². The van der Waals surface area contributed by atoms with Gasteiger partial charge in [0.25, 0.3) is 0 Å². The van der Waals surface area contributed by atoms with Gasteiger partial charge in [0, 0.05) is 36.2 Å². The normalized spacial score (nSPS) is 43.0. The van der Waals surface area contributed by atoms with E-state index in [-0.39, 0.29) is 0 Å². The quantitative estimate of drug-likeness (QED) is 0.855. The summed E-state index contributed by atoms with van der Waals surface area (Å²) < 4.78 is 0. The van der Waals surface area contributed by atoms with E-state index in [0.717, 1.165) is 23.6 Å². The van der Waals surface area contributed by atoms with Crippen molar-refractivity contribution in [2.45, 2.75) is 57.2 Å². The summed E-state index contributed by atoms with van der Waals surface area (Å²) in [6.45, 7) is 10.5. The van der Waals surface area contributed by atoms with Crippen LogP contribution in [0.25, 0.3) is 0 Å². The first-order chi connectivity index (χ1) is 8.59. The molecule has 0 aromatic rings. The molecule has 1 saturated heterocycles.